The second-order valence-corrected chi connectivity index (χ2v) is 9.55. The van der Waals surface area contributed by atoms with E-state index in [-0.39, 0.29) is 10.9 Å². The van der Waals surface area contributed by atoms with Crippen LogP contribution in [-0.2, 0) is 27.7 Å². The Labute approximate surface area is 173 Å². The molecule has 2 atom stereocenters. The van der Waals surface area contributed by atoms with E-state index in [1.54, 1.807) is 23.8 Å². The summed E-state index contributed by atoms with van der Waals surface area (Å²) in [6.07, 6.45) is 3.17. The molecule has 0 aliphatic heterocycles. The molecule has 0 saturated carbocycles. The van der Waals surface area contributed by atoms with E-state index in [1.165, 1.54) is 23.5 Å². The Morgan fingerprint density at radius 3 is 2.67 bits per heavy atom. The van der Waals surface area contributed by atoms with Gasteiger partial charge in [0.2, 0.25) is 10.0 Å². The van der Waals surface area contributed by atoms with Gasteiger partial charge in [-0.3, -0.25) is 0 Å². The maximum atomic E-state index is 13.2. The largest absolute Gasteiger partial charge is 0.480 e. The fourth-order valence-electron chi connectivity index (χ4n) is 4.20. The monoisotopic (exact) mass is 431 g/mol. The lowest BCUT2D eigenvalue weighted by Gasteiger charge is -2.31. The fraction of sp³-hybridized carbons (Fsp3) is 0.333. The normalized spacial score (nSPS) is 17.8. The van der Waals surface area contributed by atoms with Crippen molar-refractivity contribution in [3.63, 3.8) is 0 Å². The Balaban J connectivity index is 1.72. The number of hydrogen-bond donors (Lipinski definition) is 1. The predicted molar refractivity (Wildman–Crippen MR) is 109 cm³/mol. The maximum absolute atomic E-state index is 13.2. The molecule has 1 aliphatic rings. The van der Waals surface area contributed by atoms with E-state index >= 15 is 0 Å². The lowest BCUT2D eigenvalue weighted by molar-refractivity contribution is -0.140. The summed E-state index contributed by atoms with van der Waals surface area (Å²) < 4.78 is 42.4. The first-order valence-corrected chi connectivity index (χ1v) is 11.1. The number of pyridine rings is 1. The molecule has 3 aromatic rings. The Bertz CT molecular complexity index is 1220. The number of rotatable bonds is 5. The lowest BCUT2D eigenvalue weighted by Crippen LogP contribution is -2.40. The van der Waals surface area contributed by atoms with Gasteiger partial charge in [-0.2, -0.15) is 4.31 Å². The van der Waals surface area contributed by atoms with Crippen molar-refractivity contribution in [3.8, 4) is 0 Å². The van der Waals surface area contributed by atoms with Gasteiger partial charge in [-0.25, -0.2) is 22.6 Å². The standard InChI is InChI=1S/C21H22FN3O4S/c1-13(21(26)27)25-19-10-7-15(12-18(19)17-4-3-11-23-20(17)25)24(2)30(28,29)16-8-5-14(22)6-9-16/h3-6,8-9,11,13,15H,7,10,12H2,1-2H3,(H,26,27). The maximum Gasteiger partial charge on any atom is 0.326 e. The number of fused-ring (bicyclic) bond motifs is 3. The third kappa shape index (κ3) is 3.27. The van der Waals surface area contributed by atoms with Crippen LogP contribution in [0.15, 0.2) is 47.5 Å². The number of hydrogen-bond acceptors (Lipinski definition) is 4. The van der Waals surface area contributed by atoms with Crippen LogP contribution in [0.25, 0.3) is 11.0 Å². The van der Waals surface area contributed by atoms with Crippen LogP contribution >= 0.6 is 0 Å². The van der Waals surface area contributed by atoms with E-state index in [1.807, 2.05) is 6.07 Å². The summed E-state index contributed by atoms with van der Waals surface area (Å²) in [6.45, 7) is 1.62. The number of halogens is 1. The number of aliphatic carboxylic acids is 1. The lowest BCUT2D eigenvalue weighted by atomic mass is 9.91. The third-order valence-electron chi connectivity index (χ3n) is 5.88. The van der Waals surface area contributed by atoms with Gasteiger partial charge >= 0.3 is 5.97 Å². The molecule has 2 heterocycles. The van der Waals surface area contributed by atoms with Crippen molar-refractivity contribution in [1.29, 1.82) is 0 Å². The molecule has 4 rings (SSSR count). The molecule has 0 amide bonds. The second-order valence-electron chi connectivity index (χ2n) is 7.56. The number of carboxylic acids is 1. The number of aromatic nitrogens is 2. The van der Waals surface area contributed by atoms with E-state index in [9.17, 15) is 22.7 Å². The van der Waals surface area contributed by atoms with E-state index in [0.29, 0.717) is 24.9 Å². The number of benzene rings is 1. The SMILES string of the molecule is CC(C(=O)O)n1c2c(c3cccnc31)CC(N(C)S(=O)(=O)c1ccc(F)cc1)CC2. The minimum atomic E-state index is -3.78. The van der Waals surface area contributed by atoms with Crippen molar-refractivity contribution >= 4 is 27.0 Å². The van der Waals surface area contributed by atoms with Gasteiger partial charge in [0, 0.05) is 30.4 Å². The molecule has 158 valence electrons. The highest BCUT2D eigenvalue weighted by atomic mass is 32.2. The number of nitrogens with zero attached hydrogens (tertiary/aromatic N) is 3. The highest BCUT2D eigenvalue weighted by Gasteiger charge is 2.35. The van der Waals surface area contributed by atoms with E-state index in [2.05, 4.69) is 4.98 Å². The zero-order chi connectivity index (χ0) is 21.6. The van der Waals surface area contributed by atoms with Crippen LogP contribution in [0.4, 0.5) is 4.39 Å². The third-order valence-corrected chi connectivity index (χ3v) is 7.81. The van der Waals surface area contributed by atoms with Crippen molar-refractivity contribution in [2.45, 2.75) is 43.2 Å². The van der Waals surface area contributed by atoms with Crippen LogP contribution in [0.2, 0.25) is 0 Å². The highest BCUT2D eigenvalue weighted by Crippen LogP contribution is 2.35. The summed E-state index contributed by atoms with van der Waals surface area (Å²) >= 11 is 0. The molecule has 7 nitrogen and oxygen atoms in total. The molecule has 2 unspecified atom stereocenters. The van der Waals surface area contributed by atoms with Crippen molar-refractivity contribution in [1.82, 2.24) is 13.9 Å². The smallest absolute Gasteiger partial charge is 0.326 e. The first-order valence-electron chi connectivity index (χ1n) is 9.65. The molecule has 9 heteroatoms. The zero-order valence-electron chi connectivity index (χ0n) is 16.6. The number of sulfonamides is 1. The van der Waals surface area contributed by atoms with Crippen LogP contribution in [0.1, 0.15) is 30.6 Å². The molecule has 0 saturated heterocycles. The van der Waals surface area contributed by atoms with Gasteiger partial charge in [0.25, 0.3) is 0 Å². The summed E-state index contributed by atoms with van der Waals surface area (Å²) in [6, 6.07) is 7.40. The van der Waals surface area contributed by atoms with Gasteiger partial charge in [0.15, 0.2) is 0 Å². The Morgan fingerprint density at radius 1 is 1.30 bits per heavy atom. The van der Waals surface area contributed by atoms with Crippen LogP contribution in [0.3, 0.4) is 0 Å². The summed E-state index contributed by atoms with van der Waals surface area (Å²) in [5.74, 6) is -1.44. The molecule has 1 aromatic carbocycles. The zero-order valence-corrected chi connectivity index (χ0v) is 17.4. The average molecular weight is 431 g/mol. The van der Waals surface area contributed by atoms with E-state index in [0.717, 1.165) is 28.8 Å². The minimum Gasteiger partial charge on any atom is -0.480 e. The summed E-state index contributed by atoms with van der Waals surface area (Å²) in [4.78, 5) is 16.1. The van der Waals surface area contributed by atoms with Crippen molar-refractivity contribution < 1.29 is 22.7 Å². The highest BCUT2D eigenvalue weighted by molar-refractivity contribution is 7.89. The Hall–Kier alpha value is -2.78. The average Bonchev–Trinajstić information content (AvgIpc) is 3.06. The molecule has 0 spiro atoms. The van der Waals surface area contributed by atoms with Crippen LogP contribution in [0.5, 0.6) is 0 Å². The molecular formula is C21H22FN3O4S. The second kappa shape index (κ2) is 7.48. The van der Waals surface area contributed by atoms with Gasteiger partial charge in [0.1, 0.15) is 17.5 Å². The van der Waals surface area contributed by atoms with Gasteiger partial charge in [0.05, 0.1) is 4.90 Å². The molecule has 30 heavy (non-hydrogen) atoms. The molecule has 0 radical (unpaired) electrons. The van der Waals surface area contributed by atoms with E-state index < -0.39 is 27.9 Å². The summed E-state index contributed by atoms with van der Waals surface area (Å²) in [7, 11) is -2.25. The number of carboxylic acid groups (broad SMARTS) is 1. The van der Waals surface area contributed by atoms with Crippen LogP contribution < -0.4 is 0 Å². The first kappa shape index (κ1) is 20.5. The van der Waals surface area contributed by atoms with Gasteiger partial charge < -0.3 is 9.67 Å². The van der Waals surface area contributed by atoms with Crippen LogP contribution in [0, 0.1) is 5.82 Å². The van der Waals surface area contributed by atoms with Gasteiger partial charge in [-0.05, 0) is 68.1 Å². The molecule has 0 bridgehead atoms. The van der Waals surface area contributed by atoms with Crippen molar-refractivity contribution in [3.05, 3.63) is 59.7 Å². The van der Waals surface area contributed by atoms with E-state index in [4.69, 9.17) is 0 Å². The number of carbonyl (C=O) groups is 1. The summed E-state index contributed by atoms with van der Waals surface area (Å²) in [5.41, 5.74) is 2.42. The molecule has 0 fully saturated rings. The Kier molecular flexibility index (Phi) is 5.11. The summed E-state index contributed by atoms with van der Waals surface area (Å²) in [5, 5.41) is 10.4. The molecular weight excluding hydrogens is 409 g/mol. The first-order chi connectivity index (χ1) is 14.2. The topological polar surface area (TPSA) is 92.5 Å². The molecule has 2 aromatic heterocycles. The fourth-order valence-corrected chi connectivity index (χ4v) is 5.59. The van der Waals surface area contributed by atoms with Crippen LogP contribution in [-0.4, -0.2) is 46.4 Å². The predicted octanol–water partition coefficient (Wildman–Crippen LogP) is 3.00. The Morgan fingerprint density at radius 2 is 2.00 bits per heavy atom. The molecule has 1 aliphatic carbocycles. The minimum absolute atomic E-state index is 0.0424. The quantitative estimate of drug-likeness (QED) is 0.670. The van der Waals surface area contributed by atoms with Gasteiger partial charge in [-0.1, -0.05) is 0 Å². The van der Waals surface area contributed by atoms with Crippen molar-refractivity contribution in [2.24, 2.45) is 0 Å². The van der Waals surface area contributed by atoms with Gasteiger partial charge in [-0.15, -0.1) is 0 Å². The number of likely N-dealkylation sites (N-methyl/N-ethyl adjacent to an activating group) is 1. The van der Waals surface area contributed by atoms with Crippen molar-refractivity contribution in [2.75, 3.05) is 7.05 Å². The molecule has 1 N–H and O–H groups in total.